The molecule has 7 heteroatoms. The van der Waals surface area contributed by atoms with Crippen molar-refractivity contribution < 1.29 is 4.52 Å². The SMILES string of the molecule is CC[C@@H](C)OP1(=S)N(C[Si](C)(C)C)[C@@H]2CCCC[C@H]2N1C[Si](C)(C)C. The number of hydrogen-bond acceptors (Lipinski definition) is 2. The first kappa shape index (κ1) is 22.3. The van der Waals surface area contributed by atoms with Crippen LogP contribution in [0.25, 0.3) is 0 Å². The molecule has 1 saturated carbocycles. The Bertz CT molecular complexity index is 470. The van der Waals surface area contributed by atoms with Crippen LogP contribution in [0.5, 0.6) is 0 Å². The van der Waals surface area contributed by atoms with E-state index in [-0.39, 0.29) is 6.10 Å². The van der Waals surface area contributed by atoms with Crippen molar-refractivity contribution in [3.8, 4) is 0 Å². The van der Waals surface area contributed by atoms with Gasteiger partial charge >= 0.3 is 0 Å². The summed E-state index contributed by atoms with van der Waals surface area (Å²) in [6.45, 7) is 17.2. The molecule has 0 aromatic carbocycles. The molecule has 25 heavy (non-hydrogen) atoms. The van der Waals surface area contributed by atoms with Gasteiger partial charge in [-0.3, -0.25) is 0 Å². The Morgan fingerprint density at radius 3 is 1.68 bits per heavy atom. The highest BCUT2D eigenvalue weighted by molar-refractivity contribution is 8.10. The van der Waals surface area contributed by atoms with Crippen LogP contribution in [-0.2, 0) is 16.3 Å². The van der Waals surface area contributed by atoms with E-state index in [9.17, 15) is 0 Å². The normalized spacial score (nSPS) is 29.6. The minimum Gasteiger partial charge on any atom is -0.324 e. The first-order valence-corrected chi connectivity index (χ1v) is 20.2. The lowest BCUT2D eigenvalue weighted by Crippen LogP contribution is -2.46. The molecule has 1 aliphatic heterocycles. The molecule has 148 valence electrons. The van der Waals surface area contributed by atoms with Crippen LogP contribution in [-0.4, -0.2) is 56.0 Å². The monoisotopic (exact) mass is 420 g/mol. The third-order valence-electron chi connectivity index (χ3n) is 5.27. The summed E-state index contributed by atoms with van der Waals surface area (Å²) in [5.74, 6) is 0. The van der Waals surface area contributed by atoms with E-state index < -0.39 is 22.7 Å². The fourth-order valence-corrected chi connectivity index (χ4v) is 15.2. The standard InChI is InChI=1S/C18H41N2OPSSi2/c1-9-16(2)21-22(23)19(14-24(3,4)5)17-12-10-11-13-18(17)20(22)15-25(6,7)8/h16-18H,9-15H2,1-8H3/t16-,17-,18-/m1/s1. The molecule has 0 radical (unpaired) electrons. The highest BCUT2D eigenvalue weighted by atomic mass is 32.5. The molecule has 1 saturated heterocycles. The fourth-order valence-electron chi connectivity index (χ4n) is 4.12. The molecule has 2 rings (SSSR count). The van der Waals surface area contributed by atoms with Gasteiger partial charge in [0, 0.05) is 24.4 Å². The van der Waals surface area contributed by atoms with Crippen molar-refractivity contribution in [2.45, 2.75) is 103 Å². The molecule has 1 aliphatic carbocycles. The zero-order valence-electron chi connectivity index (χ0n) is 17.8. The summed E-state index contributed by atoms with van der Waals surface area (Å²) in [5, 5.41) is 0. The summed E-state index contributed by atoms with van der Waals surface area (Å²) in [5.41, 5.74) is 0. The molecule has 0 amide bonds. The Kier molecular flexibility index (Phi) is 7.25. The van der Waals surface area contributed by atoms with E-state index in [1.807, 2.05) is 0 Å². The average Bonchev–Trinajstić information content (AvgIpc) is 2.67. The van der Waals surface area contributed by atoms with Gasteiger partial charge in [0.2, 0.25) is 6.57 Å². The highest BCUT2D eigenvalue weighted by Gasteiger charge is 2.54. The zero-order valence-corrected chi connectivity index (χ0v) is 21.6. The molecule has 0 bridgehead atoms. The highest BCUT2D eigenvalue weighted by Crippen LogP contribution is 2.65. The third kappa shape index (κ3) is 5.49. The van der Waals surface area contributed by atoms with Crippen molar-refractivity contribution in [3.63, 3.8) is 0 Å². The second-order valence-corrected chi connectivity index (χ2v) is 25.1. The first-order chi connectivity index (χ1) is 11.4. The van der Waals surface area contributed by atoms with Gasteiger partial charge in [-0.15, -0.1) is 0 Å². The largest absolute Gasteiger partial charge is 0.324 e. The fraction of sp³-hybridized carbons (Fsp3) is 1.00. The van der Waals surface area contributed by atoms with E-state index in [1.54, 1.807) is 0 Å². The Morgan fingerprint density at radius 1 is 0.960 bits per heavy atom. The van der Waals surface area contributed by atoms with Crippen LogP contribution in [0.2, 0.25) is 39.3 Å². The topological polar surface area (TPSA) is 15.7 Å². The van der Waals surface area contributed by atoms with Crippen molar-refractivity contribution in [1.82, 2.24) is 9.34 Å². The summed E-state index contributed by atoms with van der Waals surface area (Å²) in [4.78, 5) is 0. The van der Waals surface area contributed by atoms with Crippen LogP contribution in [0.15, 0.2) is 0 Å². The molecule has 3 nitrogen and oxygen atoms in total. The van der Waals surface area contributed by atoms with E-state index in [2.05, 4.69) is 62.5 Å². The van der Waals surface area contributed by atoms with Gasteiger partial charge in [0.25, 0.3) is 0 Å². The van der Waals surface area contributed by atoms with Crippen LogP contribution in [0.4, 0.5) is 0 Å². The van der Waals surface area contributed by atoms with E-state index in [1.165, 1.54) is 38.0 Å². The lowest BCUT2D eigenvalue weighted by atomic mass is 9.90. The van der Waals surface area contributed by atoms with Crippen molar-refractivity contribution in [2.75, 3.05) is 12.3 Å². The summed E-state index contributed by atoms with van der Waals surface area (Å²) >= 11 is 6.49. The van der Waals surface area contributed by atoms with Crippen LogP contribution in [0, 0.1) is 0 Å². The van der Waals surface area contributed by atoms with Crippen LogP contribution >= 0.6 is 6.57 Å². The van der Waals surface area contributed by atoms with Crippen molar-refractivity contribution in [1.29, 1.82) is 0 Å². The maximum atomic E-state index is 6.78. The van der Waals surface area contributed by atoms with Crippen LogP contribution in [0.1, 0.15) is 46.0 Å². The lowest BCUT2D eigenvalue weighted by molar-refractivity contribution is 0.210. The average molecular weight is 421 g/mol. The van der Waals surface area contributed by atoms with Gasteiger partial charge in [0.15, 0.2) is 0 Å². The Balaban J connectivity index is 2.44. The molecule has 1 heterocycles. The van der Waals surface area contributed by atoms with Crippen LogP contribution < -0.4 is 0 Å². The second kappa shape index (κ2) is 8.14. The summed E-state index contributed by atoms with van der Waals surface area (Å²) in [6.07, 6.45) is 9.08. The van der Waals surface area contributed by atoms with Gasteiger partial charge in [0.1, 0.15) is 0 Å². The molecule has 0 aromatic heterocycles. The number of nitrogens with zero attached hydrogens (tertiary/aromatic N) is 2. The Morgan fingerprint density at radius 2 is 1.36 bits per heavy atom. The van der Waals surface area contributed by atoms with Crippen LogP contribution in [0.3, 0.4) is 0 Å². The predicted molar refractivity (Wildman–Crippen MR) is 121 cm³/mol. The summed E-state index contributed by atoms with van der Waals surface area (Å²) < 4.78 is 12.3. The maximum absolute atomic E-state index is 6.78. The van der Waals surface area contributed by atoms with E-state index in [0.717, 1.165) is 6.42 Å². The molecular weight excluding hydrogens is 379 g/mol. The van der Waals surface area contributed by atoms with Gasteiger partial charge in [-0.2, -0.15) is 0 Å². The number of hydrogen-bond donors (Lipinski definition) is 0. The zero-order chi connectivity index (χ0) is 19.0. The second-order valence-electron chi connectivity index (χ2n) is 10.6. The minimum atomic E-state index is -2.09. The molecule has 3 atom stereocenters. The number of rotatable bonds is 7. The molecule has 0 aromatic rings. The Hall–Kier alpha value is 0.964. The van der Waals surface area contributed by atoms with Gasteiger partial charge in [-0.25, -0.2) is 9.34 Å². The van der Waals surface area contributed by atoms with Crippen molar-refractivity contribution in [2.24, 2.45) is 0 Å². The van der Waals surface area contributed by atoms with E-state index >= 15 is 0 Å². The number of fused-ring (bicyclic) bond motifs is 1. The van der Waals surface area contributed by atoms with Crippen molar-refractivity contribution >= 4 is 34.5 Å². The van der Waals surface area contributed by atoms with Gasteiger partial charge in [0.05, 0.1) is 22.3 Å². The molecule has 2 fully saturated rings. The summed E-state index contributed by atoms with van der Waals surface area (Å²) in [7, 11) is -2.49. The molecule has 0 N–H and O–H groups in total. The smallest absolute Gasteiger partial charge is 0.203 e. The molecular formula is C18H41N2OPSSi2. The molecule has 2 aliphatic rings. The van der Waals surface area contributed by atoms with E-state index in [0.29, 0.717) is 12.1 Å². The lowest BCUT2D eigenvalue weighted by Gasteiger charge is -2.40. The van der Waals surface area contributed by atoms with Gasteiger partial charge in [-0.05, 0) is 38.0 Å². The third-order valence-corrected chi connectivity index (χ3v) is 12.7. The minimum absolute atomic E-state index is 0.263. The Labute approximate surface area is 164 Å². The van der Waals surface area contributed by atoms with Crippen molar-refractivity contribution in [3.05, 3.63) is 0 Å². The first-order valence-electron chi connectivity index (χ1n) is 10.2. The maximum Gasteiger partial charge on any atom is 0.203 e. The quantitative estimate of drug-likeness (QED) is 0.387. The van der Waals surface area contributed by atoms with Gasteiger partial charge in [-0.1, -0.05) is 59.0 Å². The summed E-state index contributed by atoms with van der Waals surface area (Å²) in [6, 6.07) is 1.29. The van der Waals surface area contributed by atoms with Gasteiger partial charge < -0.3 is 4.52 Å². The predicted octanol–water partition coefficient (Wildman–Crippen LogP) is 5.71. The molecule has 0 spiro atoms. The van der Waals surface area contributed by atoms with E-state index in [4.69, 9.17) is 16.3 Å². The molecule has 0 unspecified atom stereocenters.